The molecule has 24 heavy (non-hydrogen) atoms. The molecule has 0 spiro atoms. The number of carbonyl (C=O) groups is 1. The lowest BCUT2D eigenvalue weighted by atomic mass is 9.72. The Morgan fingerprint density at radius 3 is 1.67 bits per heavy atom. The Bertz CT molecular complexity index is 679. The van der Waals surface area contributed by atoms with Crippen LogP contribution in [0.25, 0.3) is 6.08 Å². The molecule has 0 saturated heterocycles. The van der Waals surface area contributed by atoms with Crippen LogP contribution in [0.1, 0.15) is 47.1 Å². The highest BCUT2D eigenvalue weighted by atomic mass is 16.5. The Balaban J connectivity index is 2.52. The molecule has 0 fully saturated rings. The Morgan fingerprint density at radius 2 is 1.29 bits per heavy atom. The molecule has 2 rings (SSSR count). The fourth-order valence-corrected chi connectivity index (χ4v) is 2.74. The quantitative estimate of drug-likeness (QED) is 0.707. The molecule has 0 saturated carbocycles. The molecule has 1 aromatic carbocycles. The molecule has 128 valence electrons. The summed E-state index contributed by atoms with van der Waals surface area (Å²) >= 11 is 0. The first-order valence-corrected chi connectivity index (χ1v) is 8.37. The normalized spacial score (nSPS) is 15.8. The van der Waals surface area contributed by atoms with Crippen molar-refractivity contribution in [2.45, 2.75) is 41.5 Å². The molecule has 0 unspecified atom stereocenters. The van der Waals surface area contributed by atoms with Gasteiger partial charge in [0, 0.05) is 11.1 Å². The van der Waals surface area contributed by atoms with Crippen LogP contribution in [0.15, 0.2) is 53.1 Å². The van der Waals surface area contributed by atoms with Crippen LogP contribution in [0.4, 0.5) is 0 Å². The van der Waals surface area contributed by atoms with Gasteiger partial charge < -0.3 is 4.74 Å². The van der Waals surface area contributed by atoms with Gasteiger partial charge in [-0.1, -0.05) is 53.7 Å². The van der Waals surface area contributed by atoms with Gasteiger partial charge in [0.25, 0.3) is 0 Å². The van der Waals surface area contributed by atoms with Crippen LogP contribution in [-0.2, 0) is 4.79 Å². The van der Waals surface area contributed by atoms with Crippen LogP contribution in [0.2, 0.25) is 0 Å². The standard InChI is InChI=1S/C22H28O2/c1-21(2,3)18-13-16(14-19(20(18)23)22(4,5)6)12-15-8-10-17(24-7)11-9-15/h8-14H,1-7H3. The van der Waals surface area contributed by atoms with Crippen molar-refractivity contribution < 1.29 is 9.53 Å². The topological polar surface area (TPSA) is 26.3 Å². The van der Waals surface area contributed by atoms with Crippen molar-refractivity contribution in [1.29, 1.82) is 0 Å². The van der Waals surface area contributed by atoms with E-state index in [0.717, 1.165) is 28.0 Å². The van der Waals surface area contributed by atoms with Gasteiger partial charge in [-0.25, -0.2) is 0 Å². The van der Waals surface area contributed by atoms with Crippen molar-refractivity contribution in [2.24, 2.45) is 10.8 Å². The highest BCUT2D eigenvalue weighted by molar-refractivity contribution is 6.12. The summed E-state index contributed by atoms with van der Waals surface area (Å²) in [4.78, 5) is 12.9. The largest absolute Gasteiger partial charge is 0.497 e. The molecule has 2 nitrogen and oxygen atoms in total. The summed E-state index contributed by atoms with van der Waals surface area (Å²) in [6.07, 6.45) is 6.17. The van der Waals surface area contributed by atoms with E-state index in [1.54, 1.807) is 7.11 Å². The second kappa shape index (κ2) is 6.43. The van der Waals surface area contributed by atoms with Crippen molar-refractivity contribution in [3.05, 3.63) is 58.7 Å². The van der Waals surface area contributed by atoms with Gasteiger partial charge in [-0.2, -0.15) is 0 Å². The molecule has 1 aliphatic carbocycles. The van der Waals surface area contributed by atoms with Crippen molar-refractivity contribution >= 4 is 11.9 Å². The number of methoxy groups -OCH3 is 1. The van der Waals surface area contributed by atoms with E-state index < -0.39 is 0 Å². The summed E-state index contributed by atoms with van der Waals surface area (Å²) in [5.41, 5.74) is 3.54. The number of hydrogen-bond acceptors (Lipinski definition) is 2. The summed E-state index contributed by atoms with van der Waals surface area (Å²) in [6.45, 7) is 12.5. The van der Waals surface area contributed by atoms with E-state index in [1.807, 2.05) is 36.4 Å². The highest BCUT2D eigenvalue weighted by Crippen LogP contribution is 2.39. The maximum Gasteiger partial charge on any atom is 0.186 e. The minimum Gasteiger partial charge on any atom is -0.497 e. The zero-order valence-corrected chi connectivity index (χ0v) is 15.9. The van der Waals surface area contributed by atoms with Gasteiger partial charge in [0.2, 0.25) is 0 Å². The number of allylic oxidation sites excluding steroid dienone is 5. The van der Waals surface area contributed by atoms with Gasteiger partial charge in [-0.15, -0.1) is 0 Å². The van der Waals surface area contributed by atoms with Crippen LogP contribution in [0.5, 0.6) is 5.75 Å². The summed E-state index contributed by atoms with van der Waals surface area (Å²) < 4.78 is 5.21. The highest BCUT2D eigenvalue weighted by Gasteiger charge is 2.33. The van der Waals surface area contributed by atoms with Crippen LogP contribution < -0.4 is 4.74 Å². The first kappa shape index (κ1) is 18.3. The summed E-state index contributed by atoms with van der Waals surface area (Å²) in [5.74, 6) is 1.01. The first-order valence-electron chi connectivity index (χ1n) is 8.37. The van der Waals surface area contributed by atoms with E-state index in [9.17, 15) is 4.79 Å². The zero-order chi connectivity index (χ0) is 18.1. The smallest absolute Gasteiger partial charge is 0.186 e. The van der Waals surface area contributed by atoms with E-state index in [1.165, 1.54) is 0 Å². The predicted octanol–water partition coefficient (Wildman–Crippen LogP) is 5.61. The van der Waals surface area contributed by atoms with Crippen LogP contribution in [0.3, 0.4) is 0 Å². The second-order valence-corrected chi connectivity index (χ2v) is 8.36. The number of ketones is 1. The van der Waals surface area contributed by atoms with Crippen LogP contribution in [-0.4, -0.2) is 12.9 Å². The predicted molar refractivity (Wildman–Crippen MR) is 101 cm³/mol. The van der Waals surface area contributed by atoms with E-state index in [4.69, 9.17) is 4.74 Å². The summed E-state index contributed by atoms with van der Waals surface area (Å²) in [7, 11) is 1.66. The Hall–Kier alpha value is -2.09. The molecule has 0 aliphatic heterocycles. The average molecular weight is 324 g/mol. The number of rotatable bonds is 2. The summed E-state index contributed by atoms with van der Waals surface area (Å²) in [6, 6.07) is 7.95. The maximum atomic E-state index is 12.9. The minimum atomic E-state index is -0.180. The number of carbonyl (C=O) groups excluding carboxylic acids is 1. The molecule has 1 aliphatic rings. The monoisotopic (exact) mass is 324 g/mol. The zero-order valence-electron chi connectivity index (χ0n) is 15.9. The van der Waals surface area contributed by atoms with Gasteiger partial charge in [-0.3, -0.25) is 4.79 Å². The number of Topliss-reactive ketones (excluding diaryl/α,β-unsaturated/α-hetero) is 1. The van der Waals surface area contributed by atoms with Crippen LogP contribution in [0, 0.1) is 10.8 Å². The lowest BCUT2D eigenvalue weighted by Crippen LogP contribution is -2.27. The third kappa shape index (κ3) is 4.05. The molecular formula is C22H28O2. The average Bonchev–Trinajstić information content (AvgIpc) is 2.47. The molecule has 0 aromatic heterocycles. The third-order valence-corrected chi connectivity index (χ3v) is 4.18. The summed E-state index contributed by atoms with van der Waals surface area (Å²) in [5, 5.41) is 0. The molecule has 0 N–H and O–H groups in total. The molecule has 0 radical (unpaired) electrons. The van der Waals surface area contributed by atoms with Crippen molar-refractivity contribution in [3.63, 3.8) is 0 Å². The fourth-order valence-electron chi connectivity index (χ4n) is 2.74. The molecule has 0 atom stereocenters. The molecule has 1 aromatic rings. The number of benzene rings is 1. The number of ether oxygens (including phenoxy) is 1. The minimum absolute atomic E-state index is 0.168. The first-order chi connectivity index (χ1) is 11.0. The van der Waals surface area contributed by atoms with Crippen molar-refractivity contribution in [2.75, 3.05) is 7.11 Å². The van der Waals surface area contributed by atoms with Crippen LogP contribution >= 0.6 is 0 Å². The number of hydrogen-bond donors (Lipinski definition) is 0. The Morgan fingerprint density at radius 1 is 0.833 bits per heavy atom. The third-order valence-electron chi connectivity index (χ3n) is 4.18. The maximum absolute atomic E-state index is 12.9. The van der Waals surface area contributed by atoms with E-state index in [-0.39, 0.29) is 16.6 Å². The van der Waals surface area contributed by atoms with Crippen molar-refractivity contribution in [1.82, 2.24) is 0 Å². The van der Waals surface area contributed by atoms with E-state index in [0.29, 0.717) is 0 Å². The van der Waals surface area contributed by atoms with Gasteiger partial charge in [-0.05, 0) is 52.3 Å². The fraction of sp³-hybridized carbons (Fsp3) is 0.409. The van der Waals surface area contributed by atoms with Gasteiger partial charge in [0.05, 0.1) is 7.11 Å². The molecule has 0 amide bonds. The van der Waals surface area contributed by atoms with E-state index in [2.05, 4.69) is 47.6 Å². The van der Waals surface area contributed by atoms with Crippen molar-refractivity contribution in [3.8, 4) is 5.75 Å². The lowest BCUT2D eigenvalue weighted by Gasteiger charge is -2.31. The SMILES string of the molecule is COc1ccc(C=C2C=C(C(C)(C)C)C(=O)C(C(C)(C)C)=C2)cc1. The van der Waals surface area contributed by atoms with Gasteiger partial charge >= 0.3 is 0 Å². The van der Waals surface area contributed by atoms with Gasteiger partial charge in [0.15, 0.2) is 5.78 Å². The molecular weight excluding hydrogens is 296 g/mol. The lowest BCUT2D eigenvalue weighted by molar-refractivity contribution is -0.114. The van der Waals surface area contributed by atoms with Gasteiger partial charge in [0.1, 0.15) is 5.75 Å². The molecule has 0 bridgehead atoms. The molecule has 0 heterocycles. The second-order valence-electron chi connectivity index (χ2n) is 8.36. The molecule has 2 heteroatoms. The Labute approximate surface area is 145 Å². The Kier molecular flexibility index (Phi) is 4.89. The van der Waals surface area contributed by atoms with E-state index >= 15 is 0 Å².